The molecule has 0 fully saturated rings. The number of benzene rings is 1. The largest absolute Gasteiger partial charge is 0.348 e. The molecule has 0 saturated carbocycles. The molecule has 0 aliphatic heterocycles. The van der Waals surface area contributed by atoms with Gasteiger partial charge in [0.25, 0.3) is 0 Å². The standard InChI is InChI=1S/C18H21N3O2S/c1-21-16-9-5-8-15(14(16)10-19-21)20-18(23)12-24-11-17(22)13-6-3-2-4-7-13/h2-4,6-7,10,15H,5,8-9,11-12H2,1H3,(H,20,23). The van der Waals surface area contributed by atoms with Crippen LogP contribution in [0.5, 0.6) is 0 Å². The number of thioether (sulfide) groups is 1. The smallest absolute Gasteiger partial charge is 0.230 e. The first-order valence-corrected chi connectivity index (χ1v) is 9.26. The molecule has 1 unspecified atom stereocenters. The van der Waals surface area contributed by atoms with Crippen LogP contribution in [0.2, 0.25) is 0 Å². The number of aryl methyl sites for hydroxylation is 1. The van der Waals surface area contributed by atoms with Crippen molar-refractivity contribution in [1.29, 1.82) is 0 Å². The summed E-state index contributed by atoms with van der Waals surface area (Å²) in [4.78, 5) is 24.2. The number of carbonyl (C=O) groups excluding carboxylic acids is 2. The first-order chi connectivity index (χ1) is 11.6. The SMILES string of the molecule is Cn1ncc2c1CCCC2NC(=O)CSCC(=O)c1ccccc1. The van der Waals surface area contributed by atoms with E-state index in [2.05, 4.69) is 10.4 Å². The summed E-state index contributed by atoms with van der Waals surface area (Å²) in [6.45, 7) is 0. The van der Waals surface area contributed by atoms with Crippen LogP contribution in [0.4, 0.5) is 0 Å². The van der Waals surface area contributed by atoms with Gasteiger partial charge in [-0.1, -0.05) is 30.3 Å². The van der Waals surface area contributed by atoms with Gasteiger partial charge in [-0.15, -0.1) is 11.8 Å². The Morgan fingerprint density at radius 1 is 1.29 bits per heavy atom. The normalized spacial score (nSPS) is 16.5. The van der Waals surface area contributed by atoms with Crippen LogP contribution in [-0.4, -0.2) is 33.0 Å². The highest BCUT2D eigenvalue weighted by Gasteiger charge is 2.24. The number of hydrogen-bond acceptors (Lipinski definition) is 4. The lowest BCUT2D eigenvalue weighted by Crippen LogP contribution is -2.32. The summed E-state index contributed by atoms with van der Waals surface area (Å²) in [5, 5.41) is 7.37. The molecule has 0 saturated heterocycles. The molecular formula is C18H21N3O2S. The maximum Gasteiger partial charge on any atom is 0.230 e. The van der Waals surface area contributed by atoms with Gasteiger partial charge in [-0.3, -0.25) is 14.3 Å². The monoisotopic (exact) mass is 343 g/mol. The molecule has 0 bridgehead atoms. The minimum absolute atomic E-state index is 0.0254. The third-order valence-corrected chi connectivity index (χ3v) is 5.21. The Morgan fingerprint density at radius 2 is 2.08 bits per heavy atom. The maximum absolute atomic E-state index is 12.2. The Morgan fingerprint density at radius 3 is 2.88 bits per heavy atom. The Labute approximate surface area is 145 Å². The van der Waals surface area contributed by atoms with Gasteiger partial charge in [-0.2, -0.15) is 5.10 Å². The van der Waals surface area contributed by atoms with Crippen LogP contribution in [-0.2, 0) is 18.3 Å². The molecular weight excluding hydrogens is 322 g/mol. The van der Waals surface area contributed by atoms with E-state index in [-0.39, 0.29) is 17.7 Å². The maximum atomic E-state index is 12.2. The van der Waals surface area contributed by atoms with Crippen LogP contribution < -0.4 is 5.32 Å². The van der Waals surface area contributed by atoms with Crippen molar-refractivity contribution in [2.45, 2.75) is 25.3 Å². The highest BCUT2D eigenvalue weighted by Crippen LogP contribution is 2.29. The fourth-order valence-electron chi connectivity index (χ4n) is 3.04. The van der Waals surface area contributed by atoms with Gasteiger partial charge < -0.3 is 5.32 Å². The minimum atomic E-state index is -0.0254. The van der Waals surface area contributed by atoms with E-state index in [1.165, 1.54) is 17.5 Å². The number of fused-ring (bicyclic) bond motifs is 1. The molecule has 1 aromatic carbocycles. The molecule has 1 aliphatic carbocycles. The first-order valence-electron chi connectivity index (χ1n) is 8.11. The Kier molecular flexibility index (Phi) is 5.35. The molecule has 1 amide bonds. The van der Waals surface area contributed by atoms with E-state index in [0.717, 1.165) is 24.8 Å². The van der Waals surface area contributed by atoms with Crippen molar-refractivity contribution in [3.63, 3.8) is 0 Å². The number of amides is 1. The quantitative estimate of drug-likeness (QED) is 0.819. The summed E-state index contributed by atoms with van der Waals surface area (Å²) in [6, 6.07) is 9.22. The van der Waals surface area contributed by atoms with Crippen LogP contribution in [0.3, 0.4) is 0 Å². The molecule has 1 aliphatic rings. The van der Waals surface area contributed by atoms with Crippen molar-refractivity contribution >= 4 is 23.5 Å². The Bertz CT molecular complexity index is 727. The predicted octanol–water partition coefficient (Wildman–Crippen LogP) is 2.53. The number of Topliss-reactive ketones (excluding diaryl/α,β-unsaturated/α-hetero) is 1. The van der Waals surface area contributed by atoms with Crippen molar-refractivity contribution < 1.29 is 9.59 Å². The Hall–Kier alpha value is -2.08. The molecule has 1 atom stereocenters. The van der Waals surface area contributed by atoms with Crippen LogP contribution >= 0.6 is 11.8 Å². The van der Waals surface area contributed by atoms with Gasteiger partial charge in [0, 0.05) is 23.9 Å². The van der Waals surface area contributed by atoms with Crippen LogP contribution in [0.1, 0.15) is 40.5 Å². The second kappa shape index (κ2) is 7.66. The van der Waals surface area contributed by atoms with Gasteiger partial charge in [0.15, 0.2) is 5.78 Å². The van der Waals surface area contributed by atoms with E-state index in [0.29, 0.717) is 17.1 Å². The zero-order valence-corrected chi connectivity index (χ0v) is 14.5. The molecule has 6 heteroatoms. The lowest BCUT2D eigenvalue weighted by atomic mass is 9.93. The third kappa shape index (κ3) is 3.87. The molecule has 24 heavy (non-hydrogen) atoms. The summed E-state index contributed by atoms with van der Waals surface area (Å²) in [5.41, 5.74) is 3.03. The highest BCUT2D eigenvalue weighted by atomic mass is 32.2. The van der Waals surface area contributed by atoms with E-state index < -0.39 is 0 Å². The lowest BCUT2D eigenvalue weighted by molar-refractivity contribution is -0.119. The molecule has 1 heterocycles. The number of nitrogens with one attached hydrogen (secondary N) is 1. The van der Waals surface area contributed by atoms with Gasteiger partial charge in [0.05, 0.1) is 23.7 Å². The van der Waals surface area contributed by atoms with Gasteiger partial charge >= 0.3 is 0 Å². The zero-order chi connectivity index (χ0) is 16.9. The number of aromatic nitrogens is 2. The summed E-state index contributed by atoms with van der Waals surface area (Å²) < 4.78 is 1.89. The van der Waals surface area contributed by atoms with Gasteiger partial charge in [0.2, 0.25) is 5.91 Å². The fraction of sp³-hybridized carbons (Fsp3) is 0.389. The van der Waals surface area contributed by atoms with E-state index in [9.17, 15) is 9.59 Å². The topological polar surface area (TPSA) is 64.0 Å². The molecule has 0 spiro atoms. The molecule has 1 aromatic heterocycles. The first kappa shape index (κ1) is 16.8. The Balaban J connectivity index is 1.48. The second-order valence-electron chi connectivity index (χ2n) is 5.96. The number of hydrogen-bond donors (Lipinski definition) is 1. The molecule has 2 aromatic rings. The summed E-state index contributed by atoms with van der Waals surface area (Å²) >= 11 is 1.36. The molecule has 1 N–H and O–H groups in total. The van der Waals surface area contributed by atoms with Gasteiger partial charge in [0.1, 0.15) is 0 Å². The number of rotatable bonds is 6. The molecule has 5 nitrogen and oxygen atoms in total. The minimum Gasteiger partial charge on any atom is -0.348 e. The fourth-order valence-corrected chi connectivity index (χ4v) is 3.76. The average molecular weight is 343 g/mol. The number of ketones is 1. The summed E-state index contributed by atoms with van der Waals surface area (Å²) in [7, 11) is 1.94. The van der Waals surface area contributed by atoms with Crippen molar-refractivity contribution in [3.05, 3.63) is 53.3 Å². The van der Waals surface area contributed by atoms with E-state index in [1.807, 2.05) is 36.1 Å². The lowest BCUT2D eigenvalue weighted by Gasteiger charge is -2.23. The second-order valence-corrected chi connectivity index (χ2v) is 6.95. The van der Waals surface area contributed by atoms with Crippen LogP contribution in [0.15, 0.2) is 36.5 Å². The van der Waals surface area contributed by atoms with Gasteiger partial charge in [-0.05, 0) is 19.3 Å². The van der Waals surface area contributed by atoms with Crippen molar-refractivity contribution in [2.24, 2.45) is 7.05 Å². The van der Waals surface area contributed by atoms with Crippen molar-refractivity contribution in [1.82, 2.24) is 15.1 Å². The summed E-state index contributed by atoms with van der Waals surface area (Å²) in [6.07, 6.45) is 4.86. The molecule has 126 valence electrons. The number of carbonyl (C=O) groups is 2. The van der Waals surface area contributed by atoms with E-state index in [4.69, 9.17) is 0 Å². The van der Waals surface area contributed by atoms with Crippen LogP contribution in [0, 0.1) is 0 Å². The third-order valence-electron chi connectivity index (χ3n) is 4.27. The van der Waals surface area contributed by atoms with Crippen LogP contribution in [0.25, 0.3) is 0 Å². The van der Waals surface area contributed by atoms with E-state index in [1.54, 1.807) is 12.1 Å². The average Bonchev–Trinajstić information content (AvgIpc) is 2.98. The van der Waals surface area contributed by atoms with Crippen molar-refractivity contribution in [3.8, 4) is 0 Å². The van der Waals surface area contributed by atoms with E-state index >= 15 is 0 Å². The zero-order valence-electron chi connectivity index (χ0n) is 13.7. The molecule has 3 rings (SSSR count). The summed E-state index contributed by atoms with van der Waals surface area (Å²) in [5.74, 6) is 0.647. The van der Waals surface area contributed by atoms with Gasteiger partial charge in [-0.25, -0.2) is 0 Å². The predicted molar refractivity (Wildman–Crippen MR) is 95.1 cm³/mol. The number of nitrogens with zero attached hydrogens (tertiary/aromatic N) is 2. The molecule has 0 radical (unpaired) electrons. The van der Waals surface area contributed by atoms with Crippen molar-refractivity contribution in [2.75, 3.05) is 11.5 Å². The highest BCUT2D eigenvalue weighted by molar-refractivity contribution is 8.00.